The zero-order valence-corrected chi connectivity index (χ0v) is 75.1. The van der Waals surface area contributed by atoms with Gasteiger partial charge in [-0.3, -0.25) is 37.3 Å². The van der Waals surface area contributed by atoms with E-state index in [2.05, 4.69) is 41.5 Å². The fourth-order valence-electron chi connectivity index (χ4n) is 14.5. The highest BCUT2D eigenvalue weighted by Crippen LogP contribution is 2.45. The van der Waals surface area contributed by atoms with Gasteiger partial charge in [-0.1, -0.05) is 446 Å². The Balaban J connectivity index is 5.24. The number of hydrogen-bond donors (Lipinski definition) is 3. The summed E-state index contributed by atoms with van der Waals surface area (Å²) in [5.41, 5.74) is 0. The highest BCUT2D eigenvalue weighted by molar-refractivity contribution is 7.47. The van der Waals surface area contributed by atoms with Crippen molar-refractivity contribution in [1.29, 1.82) is 0 Å². The van der Waals surface area contributed by atoms with Crippen molar-refractivity contribution in [3.8, 4) is 0 Å². The predicted octanol–water partition coefficient (Wildman–Crippen LogP) is 28.6. The molecule has 0 saturated heterocycles. The fourth-order valence-corrected chi connectivity index (χ4v) is 16.1. The van der Waals surface area contributed by atoms with Gasteiger partial charge in [0.05, 0.1) is 26.4 Å². The molecular weight excluding hydrogens is 1440 g/mol. The fraction of sp³-hybridized carbons (Fsp3) is 0.957. The molecule has 0 fully saturated rings. The van der Waals surface area contributed by atoms with E-state index < -0.39 is 97.5 Å². The van der Waals surface area contributed by atoms with Gasteiger partial charge in [0.25, 0.3) is 0 Å². The van der Waals surface area contributed by atoms with E-state index in [9.17, 15) is 43.2 Å². The molecule has 0 rings (SSSR count). The van der Waals surface area contributed by atoms with Crippen molar-refractivity contribution < 1.29 is 80.2 Å². The highest BCUT2D eigenvalue weighted by atomic mass is 31.2. The first-order valence-electron chi connectivity index (χ1n) is 47.5. The van der Waals surface area contributed by atoms with Crippen molar-refractivity contribution in [2.24, 2.45) is 11.8 Å². The number of esters is 4. The molecule has 17 nitrogen and oxygen atoms in total. The largest absolute Gasteiger partial charge is 0.472 e. The molecule has 0 bridgehead atoms. The molecule has 2 unspecified atom stereocenters. The van der Waals surface area contributed by atoms with Crippen molar-refractivity contribution in [1.82, 2.24) is 0 Å². The second-order valence-electron chi connectivity index (χ2n) is 34.0. The lowest BCUT2D eigenvalue weighted by molar-refractivity contribution is -0.161. The molecule has 0 spiro atoms. The van der Waals surface area contributed by atoms with Crippen molar-refractivity contribution in [3.05, 3.63) is 0 Å². The molecule has 0 aliphatic rings. The Morgan fingerprint density at radius 2 is 0.414 bits per heavy atom. The first-order valence-corrected chi connectivity index (χ1v) is 50.5. The Morgan fingerprint density at radius 1 is 0.243 bits per heavy atom. The van der Waals surface area contributed by atoms with E-state index in [1.165, 1.54) is 315 Å². The summed E-state index contributed by atoms with van der Waals surface area (Å²) in [6.07, 6.45) is 77.9. The van der Waals surface area contributed by atoms with Crippen LogP contribution in [0.25, 0.3) is 0 Å². The third-order valence-electron chi connectivity index (χ3n) is 21.7. The lowest BCUT2D eigenvalue weighted by Gasteiger charge is -2.21. The van der Waals surface area contributed by atoms with Gasteiger partial charge >= 0.3 is 39.5 Å². The lowest BCUT2D eigenvalue weighted by atomic mass is 10.0. The molecule has 19 heteroatoms. The zero-order valence-electron chi connectivity index (χ0n) is 73.3. The molecule has 111 heavy (non-hydrogen) atoms. The summed E-state index contributed by atoms with van der Waals surface area (Å²) in [7, 11) is -9.94. The van der Waals surface area contributed by atoms with Crippen molar-refractivity contribution in [2.75, 3.05) is 39.6 Å². The van der Waals surface area contributed by atoms with E-state index in [0.717, 1.165) is 102 Å². The SMILES string of the molecule is CCCCCCCCCCCCCCCCCCCCCCCCC(=O)O[C@H](COC(=O)CCCCCCCCCCCCCCCCCCCCC(C)C)COP(=O)(O)OC[C@@H](O)COP(=O)(O)OC[C@@H](COC(=O)CCCCCCCCCCCCCCC)OC(=O)CCCCCCCCCCCCCCC(C)C. The Morgan fingerprint density at radius 3 is 0.613 bits per heavy atom. The van der Waals surface area contributed by atoms with E-state index >= 15 is 0 Å². The summed E-state index contributed by atoms with van der Waals surface area (Å²) >= 11 is 0. The Kier molecular flexibility index (Phi) is 81.7. The number of unbranched alkanes of at least 4 members (excludes halogenated alkanes) is 61. The minimum atomic E-state index is -4.97. The summed E-state index contributed by atoms with van der Waals surface area (Å²) in [5, 5.41) is 10.7. The van der Waals surface area contributed by atoms with Crippen LogP contribution in [-0.4, -0.2) is 96.7 Å². The number of carbonyl (C=O) groups excluding carboxylic acids is 4. The average Bonchev–Trinajstić information content (AvgIpc) is 0.901. The quantitative estimate of drug-likeness (QED) is 0.0222. The van der Waals surface area contributed by atoms with E-state index in [4.69, 9.17) is 37.0 Å². The van der Waals surface area contributed by atoms with Gasteiger partial charge < -0.3 is 33.8 Å². The smallest absolute Gasteiger partial charge is 0.462 e. The maximum Gasteiger partial charge on any atom is 0.472 e. The van der Waals surface area contributed by atoms with Gasteiger partial charge in [-0.05, 0) is 37.5 Å². The molecule has 0 radical (unpaired) electrons. The summed E-state index contributed by atoms with van der Waals surface area (Å²) in [5.74, 6) is -0.494. The first kappa shape index (κ1) is 109. The van der Waals surface area contributed by atoms with E-state index in [0.29, 0.717) is 25.7 Å². The normalized spacial score (nSPS) is 13.7. The van der Waals surface area contributed by atoms with Crippen LogP contribution in [0.15, 0.2) is 0 Å². The third kappa shape index (κ3) is 85.8. The molecule has 0 aliphatic heterocycles. The first-order chi connectivity index (χ1) is 53.9. The van der Waals surface area contributed by atoms with Gasteiger partial charge in [-0.15, -0.1) is 0 Å². The van der Waals surface area contributed by atoms with Crippen LogP contribution >= 0.6 is 15.6 Å². The van der Waals surface area contributed by atoms with Crippen LogP contribution in [0.2, 0.25) is 0 Å². The van der Waals surface area contributed by atoms with Crippen LogP contribution in [0.5, 0.6) is 0 Å². The molecule has 0 aromatic heterocycles. The number of ether oxygens (including phenoxy) is 4. The second-order valence-corrected chi connectivity index (χ2v) is 36.9. The molecule has 0 amide bonds. The lowest BCUT2D eigenvalue weighted by Crippen LogP contribution is -2.30. The number of carbonyl (C=O) groups is 4. The summed E-state index contributed by atoms with van der Waals surface area (Å²) in [6, 6.07) is 0. The molecule has 0 aromatic rings. The van der Waals surface area contributed by atoms with Gasteiger partial charge in [-0.25, -0.2) is 9.13 Å². The Bertz CT molecular complexity index is 2120. The van der Waals surface area contributed by atoms with Crippen LogP contribution in [0.1, 0.15) is 497 Å². The predicted molar refractivity (Wildman–Crippen MR) is 460 cm³/mol. The Hall–Kier alpha value is -1.94. The molecule has 5 atom stereocenters. The standard InChI is InChI=1S/C92H180O17P2/c1-7-9-11-13-15-17-19-21-22-23-24-25-26-27-32-35-39-46-52-58-64-70-76-91(96)108-87(81-103-90(95)75-69-63-57-51-45-38-34-31-29-28-30-33-37-42-48-54-60-66-72-84(3)4)82-106-110(98,99)104-78-86(93)79-105-111(100,101)107-83-88(80-102-89(94)74-68-62-56-50-44-36-20-18-16-14-12-10-8-2)109-92(97)77-71-65-59-53-47-41-40-43-49-55-61-67-73-85(5)6/h84-88,93H,7-83H2,1-6H3,(H,98,99)(H,100,101)/t86-,87-,88-/m1/s1. The molecule has 3 N–H and O–H groups in total. The van der Waals surface area contributed by atoms with Crippen LogP contribution < -0.4 is 0 Å². The molecular formula is C92H180O17P2. The minimum Gasteiger partial charge on any atom is -0.462 e. The zero-order chi connectivity index (χ0) is 81.3. The second kappa shape index (κ2) is 83.1. The van der Waals surface area contributed by atoms with E-state index in [1.54, 1.807) is 0 Å². The van der Waals surface area contributed by atoms with Crippen molar-refractivity contribution in [2.45, 2.75) is 516 Å². The molecule has 0 heterocycles. The number of aliphatic hydroxyl groups is 1. The third-order valence-corrected chi connectivity index (χ3v) is 23.6. The monoisotopic (exact) mass is 1620 g/mol. The summed E-state index contributed by atoms with van der Waals surface area (Å²) < 4.78 is 69.1. The summed E-state index contributed by atoms with van der Waals surface area (Å²) in [4.78, 5) is 73.5. The Labute approximate surface area is 683 Å². The van der Waals surface area contributed by atoms with Crippen LogP contribution in [-0.2, 0) is 65.4 Å². The highest BCUT2D eigenvalue weighted by Gasteiger charge is 2.31. The van der Waals surface area contributed by atoms with E-state index in [1.807, 2.05) is 0 Å². The number of phosphoric ester groups is 2. The minimum absolute atomic E-state index is 0.108. The number of hydrogen-bond acceptors (Lipinski definition) is 15. The van der Waals surface area contributed by atoms with Crippen LogP contribution in [0.3, 0.4) is 0 Å². The molecule has 0 saturated carbocycles. The van der Waals surface area contributed by atoms with Crippen LogP contribution in [0.4, 0.5) is 0 Å². The van der Waals surface area contributed by atoms with Gasteiger partial charge in [-0.2, -0.15) is 0 Å². The molecule has 0 aromatic carbocycles. The van der Waals surface area contributed by atoms with E-state index in [-0.39, 0.29) is 25.7 Å². The number of aliphatic hydroxyl groups excluding tert-OH is 1. The van der Waals surface area contributed by atoms with Crippen molar-refractivity contribution in [3.63, 3.8) is 0 Å². The summed E-state index contributed by atoms with van der Waals surface area (Å²) in [6.45, 7) is 9.75. The van der Waals surface area contributed by atoms with Crippen LogP contribution in [0, 0.1) is 11.8 Å². The van der Waals surface area contributed by atoms with Gasteiger partial charge in [0, 0.05) is 25.7 Å². The average molecular weight is 1620 g/mol. The topological polar surface area (TPSA) is 237 Å². The maximum absolute atomic E-state index is 13.2. The van der Waals surface area contributed by atoms with Crippen molar-refractivity contribution >= 4 is 39.5 Å². The number of rotatable bonds is 91. The molecule has 0 aliphatic carbocycles. The van der Waals surface area contributed by atoms with Gasteiger partial charge in [0.15, 0.2) is 12.2 Å². The molecule has 660 valence electrons. The maximum atomic E-state index is 13.2. The van der Waals surface area contributed by atoms with Gasteiger partial charge in [0.1, 0.15) is 19.3 Å². The number of phosphoric acid groups is 2. The van der Waals surface area contributed by atoms with Gasteiger partial charge in [0.2, 0.25) is 0 Å².